The quantitative estimate of drug-likeness (QED) is 0.605. The Hall–Kier alpha value is -2.78. The molecule has 22 heavy (non-hydrogen) atoms. The number of allylic oxidation sites excluding steroid dienone is 2. The average molecular weight is 306 g/mol. The third kappa shape index (κ3) is 1.34. The third-order valence-corrected chi connectivity index (χ3v) is 4.55. The largest absolute Gasteiger partial charge is 0.347 e. The lowest BCUT2D eigenvalue weighted by Gasteiger charge is -2.39. The van der Waals surface area contributed by atoms with E-state index in [9.17, 15) is 19.2 Å². The zero-order valence-electron chi connectivity index (χ0n) is 12.0. The molecule has 0 unspecified atom stereocenters. The lowest BCUT2D eigenvalue weighted by molar-refractivity contribution is 0.167. The van der Waals surface area contributed by atoms with Crippen LogP contribution in [0.5, 0.6) is 0 Å². The fourth-order valence-corrected chi connectivity index (χ4v) is 3.37. The van der Waals surface area contributed by atoms with Gasteiger partial charge in [-0.1, -0.05) is 12.2 Å². The highest BCUT2D eigenvalue weighted by Crippen LogP contribution is 2.40. The van der Waals surface area contributed by atoms with E-state index in [2.05, 4.69) is 5.10 Å². The number of hydrogen-bond donors (Lipinski definition) is 1. The third-order valence-electron chi connectivity index (χ3n) is 4.55. The van der Waals surface area contributed by atoms with Crippen LogP contribution in [0.1, 0.15) is 24.5 Å². The summed E-state index contributed by atoms with van der Waals surface area (Å²) in [6, 6.07) is -1.20. The van der Waals surface area contributed by atoms with Crippen LogP contribution in [0.4, 0.5) is 0 Å². The van der Waals surface area contributed by atoms with Crippen molar-refractivity contribution < 1.29 is 0 Å². The Balaban J connectivity index is 1.96. The molecule has 0 radical (unpaired) electrons. The minimum absolute atomic E-state index is 0.313. The minimum atomic E-state index is -0.506. The summed E-state index contributed by atoms with van der Waals surface area (Å²) in [4.78, 5) is 48.2. The zero-order valence-corrected chi connectivity index (χ0v) is 12.0. The second-order valence-corrected chi connectivity index (χ2v) is 5.69. The van der Waals surface area contributed by atoms with Crippen molar-refractivity contribution in [2.45, 2.75) is 24.5 Å². The Kier molecular flexibility index (Phi) is 2.29. The van der Waals surface area contributed by atoms with Crippen molar-refractivity contribution in [2.24, 2.45) is 14.1 Å². The second-order valence-electron chi connectivity index (χ2n) is 5.69. The first-order valence-corrected chi connectivity index (χ1v) is 6.87. The Bertz CT molecular complexity index is 1040. The van der Waals surface area contributed by atoms with Gasteiger partial charge < -0.3 is 0 Å². The van der Waals surface area contributed by atoms with Crippen LogP contribution in [0, 0.1) is 0 Å². The molecule has 0 saturated heterocycles. The summed E-state index contributed by atoms with van der Waals surface area (Å²) in [5.41, 5.74) is -1.78. The van der Waals surface area contributed by atoms with Crippen molar-refractivity contribution in [3.05, 3.63) is 54.1 Å². The number of aromatic amines is 1. The van der Waals surface area contributed by atoms with E-state index in [1.807, 2.05) is 6.08 Å². The predicted molar refractivity (Wildman–Crippen MR) is 75.1 cm³/mol. The molecule has 0 aromatic carbocycles. The van der Waals surface area contributed by atoms with E-state index in [0.717, 1.165) is 9.13 Å². The van der Waals surface area contributed by atoms with Gasteiger partial charge in [0, 0.05) is 14.1 Å². The SMILES string of the molecule is Cn1c(=O)[nH]n([C@@H]2C[C@H]3C=C[C@@H]2n2c(=O)n(C)c(=O)n23)c1=O. The van der Waals surface area contributed by atoms with Crippen LogP contribution in [0.2, 0.25) is 0 Å². The van der Waals surface area contributed by atoms with E-state index < -0.39 is 29.2 Å². The number of fused-ring (bicyclic) bond motifs is 1. The molecule has 10 nitrogen and oxygen atoms in total. The molecule has 5 rings (SSSR count). The Morgan fingerprint density at radius 1 is 0.955 bits per heavy atom. The van der Waals surface area contributed by atoms with Gasteiger partial charge >= 0.3 is 22.8 Å². The normalized spacial score (nSPS) is 25.6. The van der Waals surface area contributed by atoms with Gasteiger partial charge in [0.1, 0.15) is 0 Å². The van der Waals surface area contributed by atoms with E-state index >= 15 is 0 Å². The first-order valence-electron chi connectivity index (χ1n) is 6.87. The Morgan fingerprint density at radius 3 is 2.27 bits per heavy atom. The summed E-state index contributed by atoms with van der Waals surface area (Å²) >= 11 is 0. The van der Waals surface area contributed by atoms with Gasteiger partial charge in [-0.25, -0.2) is 47.5 Å². The molecular weight excluding hydrogens is 292 g/mol. The van der Waals surface area contributed by atoms with Crippen LogP contribution in [0.3, 0.4) is 0 Å². The topological polar surface area (TPSA) is 109 Å². The molecule has 2 aromatic heterocycles. The number of H-pyrrole nitrogens is 1. The standard InChI is InChI=1S/C12H14N6O4/c1-14-9(19)13-16(10(14)20)8-5-6-3-4-7(8)18-12(22)15(2)11(21)17(6)18/h3-4,6-8H,5H2,1-2H3,(H,13,19)/t6-,7+,8-/m1/s1. The van der Waals surface area contributed by atoms with E-state index in [0.29, 0.717) is 6.42 Å². The second kappa shape index (κ2) is 3.90. The van der Waals surface area contributed by atoms with Crippen LogP contribution >= 0.6 is 0 Å². The number of nitrogens with one attached hydrogen (secondary N) is 1. The molecule has 10 heteroatoms. The first-order chi connectivity index (χ1) is 10.4. The van der Waals surface area contributed by atoms with Crippen molar-refractivity contribution >= 4 is 0 Å². The fraction of sp³-hybridized carbons (Fsp3) is 0.500. The summed E-state index contributed by atoms with van der Waals surface area (Å²) in [5, 5.41) is 2.51. The van der Waals surface area contributed by atoms with Crippen LogP contribution < -0.4 is 22.8 Å². The van der Waals surface area contributed by atoms with Crippen molar-refractivity contribution in [1.82, 2.24) is 28.3 Å². The van der Waals surface area contributed by atoms with Crippen molar-refractivity contribution in [1.29, 1.82) is 0 Å². The van der Waals surface area contributed by atoms with Crippen molar-refractivity contribution in [3.8, 4) is 0 Å². The molecule has 1 aliphatic carbocycles. The lowest BCUT2D eigenvalue weighted by Crippen LogP contribution is -2.46. The van der Waals surface area contributed by atoms with Crippen LogP contribution in [0.25, 0.3) is 0 Å². The molecule has 0 spiro atoms. The van der Waals surface area contributed by atoms with Gasteiger partial charge in [-0.3, -0.25) is 0 Å². The molecule has 0 amide bonds. The molecule has 2 aliphatic heterocycles. The Morgan fingerprint density at radius 2 is 1.64 bits per heavy atom. The van der Waals surface area contributed by atoms with Gasteiger partial charge in [-0.15, -0.1) is 0 Å². The summed E-state index contributed by atoms with van der Waals surface area (Å²) < 4.78 is 6.05. The van der Waals surface area contributed by atoms with Crippen LogP contribution in [-0.2, 0) is 14.1 Å². The molecule has 0 saturated carbocycles. The van der Waals surface area contributed by atoms with Crippen LogP contribution in [0.15, 0.2) is 31.3 Å². The van der Waals surface area contributed by atoms with Gasteiger partial charge in [0.25, 0.3) is 0 Å². The van der Waals surface area contributed by atoms with E-state index in [-0.39, 0.29) is 11.7 Å². The minimum Gasteiger partial charge on any atom is -0.246 e. The maximum atomic E-state index is 12.3. The highest BCUT2D eigenvalue weighted by molar-refractivity contribution is 5.12. The number of hydrogen-bond acceptors (Lipinski definition) is 4. The molecule has 1 N–H and O–H groups in total. The highest BCUT2D eigenvalue weighted by atomic mass is 16.2. The summed E-state index contributed by atoms with van der Waals surface area (Å²) in [6.45, 7) is 0. The molecule has 3 aliphatic rings. The fourth-order valence-electron chi connectivity index (χ4n) is 3.37. The molecule has 4 heterocycles. The first kappa shape index (κ1) is 12.9. The lowest BCUT2D eigenvalue weighted by atomic mass is 9.91. The molecule has 116 valence electrons. The number of aromatic nitrogens is 6. The van der Waals surface area contributed by atoms with E-state index in [1.165, 1.54) is 28.1 Å². The smallest absolute Gasteiger partial charge is 0.246 e. The molecule has 2 aromatic rings. The van der Waals surface area contributed by atoms with Crippen molar-refractivity contribution in [3.63, 3.8) is 0 Å². The average Bonchev–Trinajstić information content (AvgIpc) is 2.92. The number of nitrogens with zero attached hydrogens (tertiary/aromatic N) is 5. The van der Waals surface area contributed by atoms with Crippen LogP contribution in [-0.4, -0.2) is 28.3 Å². The zero-order chi connectivity index (χ0) is 15.8. The van der Waals surface area contributed by atoms with Gasteiger partial charge in [0.15, 0.2) is 0 Å². The predicted octanol–water partition coefficient (Wildman–Crippen LogP) is -2.17. The summed E-state index contributed by atoms with van der Waals surface area (Å²) in [5.74, 6) is 0. The monoisotopic (exact) mass is 306 g/mol. The maximum absolute atomic E-state index is 12.3. The summed E-state index contributed by atoms with van der Waals surface area (Å²) in [7, 11) is 2.81. The molecule has 0 fully saturated rings. The Labute approximate surface area is 122 Å². The van der Waals surface area contributed by atoms with E-state index in [1.54, 1.807) is 6.08 Å². The van der Waals surface area contributed by atoms with E-state index in [4.69, 9.17) is 0 Å². The van der Waals surface area contributed by atoms with Gasteiger partial charge in [0.05, 0.1) is 18.1 Å². The molecule has 3 atom stereocenters. The maximum Gasteiger partial charge on any atom is 0.347 e. The van der Waals surface area contributed by atoms with Gasteiger partial charge in [-0.2, -0.15) is 0 Å². The summed E-state index contributed by atoms with van der Waals surface area (Å²) in [6.07, 6.45) is 4.12. The highest BCUT2D eigenvalue weighted by Gasteiger charge is 2.41. The van der Waals surface area contributed by atoms with Crippen molar-refractivity contribution in [2.75, 3.05) is 0 Å². The van der Waals surface area contributed by atoms with Gasteiger partial charge in [-0.05, 0) is 6.42 Å². The molecule has 2 bridgehead atoms. The molecular formula is C12H14N6O4. The van der Waals surface area contributed by atoms with Gasteiger partial charge in [0.2, 0.25) is 0 Å². The number of rotatable bonds is 1.